The molecule has 1 saturated heterocycles. The highest BCUT2D eigenvalue weighted by atomic mass is 35.5. The number of nitriles is 1. The molecule has 3 rings (SSSR count). The second kappa shape index (κ2) is 11.0. The maximum absolute atomic E-state index is 13.2. The normalized spacial score (nSPS) is 17.7. The number of ether oxygens (including phenoxy) is 1. The smallest absolute Gasteiger partial charge is 0.268 e. The van der Waals surface area contributed by atoms with Crippen LogP contribution in [0.3, 0.4) is 0 Å². The predicted molar refractivity (Wildman–Crippen MR) is 133 cm³/mol. The van der Waals surface area contributed by atoms with Crippen LogP contribution in [0, 0.1) is 22.7 Å². The first kappa shape index (κ1) is 26.4. The van der Waals surface area contributed by atoms with Gasteiger partial charge in [0.1, 0.15) is 23.5 Å². The number of fused-ring (bicyclic) bond motifs is 1. The largest absolute Gasteiger partial charge is 0.497 e. The molecular formula is C25H32ClN5O4. The Morgan fingerprint density at radius 2 is 2.03 bits per heavy atom. The molecule has 1 aromatic heterocycles. The van der Waals surface area contributed by atoms with Gasteiger partial charge in [0, 0.05) is 23.9 Å². The molecule has 1 aliphatic rings. The van der Waals surface area contributed by atoms with E-state index in [4.69, 9.17) is 16.3 Å². The second-order valence-electron chi connectivity index (χ2n) is 10.1. The number of H-pyrrole nitrogens is 1. The third-order valence-electron chi connectivity index (χ3n) is 5.96. The number of carbonyl (C=O) groups excluding carboxylic acids is 3. The summed E-state index contributed by atoms with van der Waals surface area (Å²) in [4.78, 5) is 41.3. The molecule has 1 fully saturated rings. The van der Waals surface area contributed by atoms with Gasteiger partial charge in [0.25, 0.3) is 5.91 Å². The van der Waals surface area contributed by atoms with Gasteiger partial charge in [-0.3, -0.25) is 14.4 Å². The molecule has 3 atom stereocenters. The number of hydrogen-bond donors (Lipinski definition) is 4. The van der Waals surface area contributed by atoms with Crippen LogP contribution in [-0.2, 0) is 9.59 Å². The number of nitrogens with one attached hydrogen (secondary N) is 4. The van der Waals surface area contributed by atoms with Crippen LogP contribution in [0.15, 0.2) is 18.2 Å². The molecule has 0 aliphatic carbocycles. The van der Waals surface area contributed by atoms with Crippen LogP contribution in [0.1, 0.15) is 56.9 Å². The number of benzene rings is 1. The zero-order valence-corrected chi connectivity index (χ0v) is 21.2. The lowest BCUT2D eigenvalue weighted by atomic mass is 9.87. The average molecular weight is 502 g/mol. The van der Waals surface area contributed by atoms with E-state index in [0.717, 1.165) is 6.42 Å². The Morgan fingerprint density at radius 1 is 1.29 bits per heavy atom. The summed E-state index contributed by atoms with van der Waals surface area (Å²) in [6.45, 7) is 6.51. The Bertz CT molecular complexity index is 1150. The fraction of sp³-hybridized carbons (Fsp3) is 0.520. The minimum Gasteiger partial charge on any atom is -0.497 e. The van der Waals surface area contributed by atoms with E-state index >= 15 is 0 Å². The van der Waals surface area contributed by atoms with E-state index in [9.17, 15) is 19.6 Å². The van der Waals surface area contributed by atoms with E-state index in [1.807, 2.05) is 20.8 Å². The van der Waals surface area contributed by atoms with Crippen molar-refractivity contribution in [3.05, 3.63) is 28.9 Å². The minimum absolute atomic E-state index is 0.0978. The number of nitrogens with zero attached hydrogens (tertiary/aromatic N) is 1. The molecular weight excluding hydrogens is 470 g/mol. The monoisotopic (exact) mass is 501 g/mol. The van der Waals surface area contributed by atoms with Gasteiger partial charge >= 0.3 is 0 Å². The van der Waals surface area contributed by atoms with Crippen molar-refractivity contribution < 1.29 is 19.1 Å². The van der Waals surface area contributed by atoms with Crippen molar-refractivity contribution >= 4 is 40.2 Å². The third kappa shape index (κ3) is 6.89. The highest BCUT2D eigenvalue weighted by Crippen LogP contribution is 2.29. The van der Waals surface area contributed by atoms with E-state index in [1.54, 1.807) is 18.2 Å². The molecule has 188 valence electrons. The molecule has 9 nitrogen and oxygen atoms in total. The molecule has 0 spiro atoms. The number of methoxy groups -OCH3 is 1. The van der Waals surface area contributed by atoms with Gasteiger partial charge in [0.15, 0.2) is 0 Å². The van der Waals surface area contributed by atoms with Gasteiger partial charge in [0.2, 0.25) is 11.8 Å². The number of piperidine rings is 1. The molecule has 2 unspecified atom stereocenters. The zero-order valence-electron chi connectivity index (χ0n) is 20.5. The van der Waals surface area contributed by atoms with Crippen LogP contribution in [-0.4, -0.2) is 48.4 Å². The van der Waals surface area contributed by atoms with Gasteiger partial charge in [-0.05, 0) is 43.2 Å². The molecule has 3 amide bonds. The van der Waals surface area contributed by atoms with E-state index in [-0.39, 0.29) is 29.4 Å². The molecule has 0 radical (unpaired) electrons. The van der Waals surface area contributed by atoms with Crippen molar-refractivity contribution in [2.45, 2.75) is 58.5 Å². The number of halogens is 1. The van der Waals surface area contributed by atoms with Crippen molar-refractivity contribution in [3.63, 3.8) is 0 Å². The molecule has 2 aromatic rings. The summed E-state index contributed by atoms with van der Waals surface area (Å²) in [5, 5.41) is 19.0. The molecule has 0 saturated carbocycles. The zero-order chi connectivity index (χ0) is 25.8. The fourth-order valence-electron chi connectivity index (χ4n) is 4.23. The van der Waals surface area contributed by atoms with Crippen LogP contribution in [0.2, 0.25) is 5.02 Å². The van der Waals surface area contributed by atoms with Crippen molar-refractivity contribution in [3.8, 4) is 11.8 Å². The Labute approximate surface area is 209 Å². The summed E-state index contributed by atoms with van der Waals surface area (Å²) < 4.78 is 5.23. The molecule has 0 bridgehead atoms. The maximum atomic E-state index is 13.2. The van der Waals surface area contributed by atoms with Crippen LogP contribution >= 0.6 is 11.6 Å². The number of amides is 3. The standard InChI is InChI=1S/C25H32ClN5O4/c1-25(2,3)12-20(24(34)29-16(13-27)8-14-6-5-7-28-22(14)32)31-23(33)19-10-15-9-17(35-4)11-18(26)21(15)30-19/h9-11,14,16,20,30H,5-8,12H2,1-4H3,(H,28,32)(H,29,34)(H,31,33)/t14-,16?,20?/m0/s1. The fourth-order valence-corrected chi connectivity index (χ4v) is 4.50. The summed E-state index contributed by atoms with van der Waals surface area (Å²) in [5.74, 6) is -0.794. The summed E-state index contributed by atoms with van der Waals surface area (Å²) in [5.41, 5.74) is 0.556. The van der Waals surface area contributed by atoms with Crippen LogP contribution in [0.5, 0.6) is 5.75 Å². The van der Waals surface area contributed by atoms with E-state index in [0.29, 0.717) is 41.1 Å². The topological polar surface area (TPSA) is 136 Å². The summed E-state index contributed by atoms with van der Waals surface area (Å²) >= 11 is 6.30. The lowest BCUT2D eigenvalue weighted by molar-refractivity contribution is -0.128. The first-order chi connectivity index (χ1) is 16.5. The first-order valence-electron chi connectivity index (χ1n) is 11.7. The second-order valence-corrected chi connectivity index (χ2v) is 10.5. The summed E-state index contributed by atoms with van der Waals surface area (Å²) in [6.07, 6.45) is 2.09. The van der Waals surface area contributed by atoms with Gasteiger partial charge in [-0.15, -0.1) is 0 Å². The highest BCUT2D eigenvalue weighted by molar-refractivity contribution is 6.35. The van der Waals surface area contributed by atoms with Gasteiger partial charge in [-0.1, -0.05) is 32.4 Å². The average Bonchev–Trinajstić information content (AvgIpc) is 3.23. The lowest BCUT2D eigenvalue weighted by Gasteiger charge is -2.28. The summed E-state index contributed by atoms with van der Waals surface area (Å²) in [7, 11) is 1.53. The van der Waals surface area contributed by atoms with Crippen LogP contribution < -0.4 is 20.7 Å². The number of hydrogen-bond acceptors (Lipinski definition) is 5. The number of carbonyl (C=O) groups is 3. The lowest BCUT2D eigenvalue weighted by Crippen LogP contribution is -2.51. The quantitative estimate of drug-likeness (QED) is 0.440. The molecule has 4 N–H and O–H groups in total. The summed E-state index contributed by atoms with van der Waals surface area (Å²) in [6, 6.07) is 5.41. The Balaban J connectivity index is 1.75. The molecule has 1 aromatic carbocycles. The van der Waals surface area contributed by atoms with E-state index in [2.05, 4.69) is 27.0 Å². The number of rotatable bonds is 8. The van der Waals surface area contributed by atoms with Crippen molar-refractivity contribution in [1.82, 2.24) is 20.9 Å². The number of aromatic nitrogens is 1. The Hall–Kier alpha value is -3.25. The van der Waals surface area contributed by atoms with Gasteiger partial charge in [0.05, 0.1) is 23.7 Å². The molecule has 1 aliphatic heterocycles. The van der Waals surface area contributed by atoms with Crippen LogP contribution in [0.25, 0.3) is 10.9 Å². The van der Waals surface area contributed by atoms with E-state index < -0.39 is 23.9 Å². The molecule has 10 heteroatoms. The van der Waals surface area contributed by atoms with Gasteiger partial charge in [-0.2, -0.15) is 5.26 Å². The van der Waals surface area contributed by atoms with Crippen LogP contribution in [0.4, 0.5) is 0 Å². The van der Waals surface area contributed by atoms with Crippen molar-refractivity contribution in [2.24, 2.45) is 11.3 Å². The minimum atomic E-state index is -0.880. The van der Waals surface area contributed by atoms with E-state index in [1.165, 1.54) is 7.11 Å². The maximum Gasteiger partial charge on any atom is 0.268 e. The highest BCUT2D eigenvalue weighted by Gasteiger charge is 2.31. The Kier molecular flexibility index (Phi) is 8.28. The Morgan fingerprint density at radius 3 is 2.66 bits per heavy atom. The van der Waals surface area contributed by atoms with Crippen molar-refractivity contribution in [1.29, 1.82) is 5.26 Å². The SMILES string of the molecule is COc1cc(Cl)c2[nH]c(C(=O)NC(CC(C)(C)C)C(=O)NC(C#N)C[C@@H]3CCCNC3=O)cc2c1. The number of aromatic amines is 1. The van der Waals surface area contributed by atoms with Crippen molar-refractivity contribution in [2.75, 3.05) is 13.7 Å². The first-order valence-corrected chi connectivity index (χ1v) is 12.0. The molecule has 35 heavy (non-hydrogen) atoms. The molecule has 2 heterocycles. The predicted octanol–water partition coefficient (Wildman–Crippen LogP) is 3.29. The third-order valence-corrected chi connectivity index (χ3v) is 6.26. The van der Waals surface area contributed by atoms with Gasteiger partial charge in [-0.25, -0.2) is 0 Å². The van der Waals surface area contributed by atoms with Gasteiger partial charge < -0.3 is 25.7 Å².